The minimum Gasteiger partial charge on any atom is -0.493 e. The van der Waals surface area contributed by atoms with Gasteiger partial charge in [0.05, 0.1) is 12.6 Å². The molecule has 0 radical (unpaired) electrons. The van der Waals surface area contributed by atoms with Crippen LogP contribution in [0.3, 0.4) is 0 Å². The van der Waals surface area contributed by atoms with Crippen LogP contribution in [-0.4, -0.2) is 58.6 Å². The molecule has 9 nitrogen and oxygen atoms in total. The Labute approximate surface area is 233 Å². The molecule has 2 aromatic heterocycles. The number of halogens is 5. The average Bonchev–Trinajstić information content (AvgIpc) is 3.42. The maximum Gasteiger partial charge on any atom is 0.417 e. The number of ether oxygens (including phenoxy) is 3. The standard InChI is InChI=1S/C27H32F5N5O4/c1-13-17(14-7-8-15(28)18(29)20(14)39-6)21(40-26(13,5)27(30,31)32)23-36-16-9-10-33-22(19(16)37-23)34-11-12-35-24(38)41-25(2,3)4/h7-10,13,17,21H,11-12H2,1-6H3,(H,33,34)(H,35,38)(H,36,37)/t13-,17-,21+,26+/m0/s1. The summed E-state index contributed by atoms with van der Waals surface area (Å²) in [5.74, 6) is -5.01. The molecule has 3 heterocycles. The van der Waals surface area contributed by atoms with Gasteiger partial charge in [-0.3, -0.25) is 0 Å². The Bertz CT molecular complexity index is 1420. The third kappa shape index (κ3) is 5.88. The summed E-state index contributed by atoms with van der Waals surface area (Å²) in [7, 11) is 1.11. The molecule has 14 heteroatoms. The number of amides is 1. The quantitative estimate of drug-likeness (QED) is 0.231. The third-order valence-corrected chi connectivity index (χ3v) is 7.09. The fourth-order valence-electron chi connectivity index (χ4n) is 4.93. The van der Waals surface area contributed by atoms with Gasteiger partial charge in [-0.15, -0.1) is 0 Å². The minimum atomic E-state index is -4.79. The second-order valence-electron chi connectivity index (χ2n) is 11.0. The predicted molar refractivity (Wildman–Crippen MR) is 140 cm³/mol. The van der Waals surface area contributed by atoms with E-state index in [1.165, 1.54) is 19.2 Å². The Morgan fingerprint density at radius 1 is 1.17 bits per heavy atom. The van der Waals surface area contributed by atoms with Crippen LogP contribution in [0, 0.1) is 17.6 Å². The van der Waals surface area contributed by atoms with Crippen molar-refractivity contribution in [2.45, 2.75) is 64.0 Å². The minimum absolute atomic E-state index is 0.0158. The zero-order valence-corrected chi connectivity index (χ0v) is 23.4. The number of carbonyl (C=O) groups is 1. The van der Waals surface area contributed by atoms with Crippen molar-refractivity contribution in [2.75, 3.05) is 25.5 Å². The van der Waals surface area contributed by atoms with Gasteiger partial charge in [0.15, 0.2) is 23.0 Å². The van der Waals surface area contributed by atoms with Crippen molar-refractivity contribution >= 4 is 22.9 Å². The lowest BCUT2D eigenvalue weighted by atomic mass is 9.77. The topological polar surface area (TPSA) is 110 Å². The van der Waals surface area contributed by atoms with Crippen LogP contribution in [0.1, 0.15) is 58.0 Å². The summed E-state index contributed by atoms with van der Waals surface area (Å²) >= 11 is 0. The van der Waals surface area contributed by atoms with Gasteiger partial charge in [-0.05, 0) is 39.8 Å². The van der Waals surface area contributed by atoms with E-state index in [0.717, 1.165) is 20.1 Å². The van der Waals surface area contributed by atoms with Crippen molar-refractivity contribution in [1.82, 2.24) is 20.3 Å². The molecule has 1 fully saturated rings. The van der Waals surface area contributed by atoms with E-state index >= 15 is 0 Å². The molecular weight excluding hydrogens is 553 g/mol. The molecule has 4 rings (SSSR count). The number of hydrogen-bond acceptors (Lipinski definition) is 7. The van der Waals surface area contributed by atoms with E-state index in [0.29, 0.717) is 16.9 Å². The molecule has 224 valence electrons. The monoisotopic (exact) mass is 585 g/mol. The number of hydrogen-bond donors (Lipinski definition) is 3. The highest BCUT2D eigenvalue weighted by molar-refractivity contribution is 5.85. The van der Waals surface area contributed by atoms with Crippen molar-refractivity contribution in [1.29, 1.82) is 0 Å². The highest BCUT2D eigenvalue weighted by Gasteiger charge is 2.65. The molecule has 3 N–H and O–H groups in total. The number of nitrogens with one attached hydrogen (secondary N) is 3. The van der Waals surface area contributed by atoms with Crippen molar-refractivity contribution in [2.24, 2.45) is 5.92 Å². The predicted octanol–water partition coefficient (Wildman–Crippen LogP) is 5.99. The number of rotatable bonds is 7. The number of benzene rings is 1. The summed E-state index contributed by atoms with van der Waals surface area (Å²) in [6.07, 6.45) is -5.23. The number of aromatic nitrogens is 3. The first kappa shape index (κ1) is 30.3. The highest BCUT2D eigenvalue weighted by atomic mass is 19.4. The molecule has 4 atom stereocenters. The van der Waals surface area contributed by atoms with Gasteiger partial charge in [0, 0.05) is 36.7 Å². The number of methoxy groups -OCH3 is 1. The lowest BCUT2D eigenvalue weighted by molar-refractivity contribution is -0.275. The van der Waals surface area contributed by atoms with E-state index in [-0.39, 0.29) is 24.5 Å². The number of aromatic amines is 1. The Morgan fingerprint density at radius 2 is 1.88 bits per heavy atom. The number of alkyl halides is 3. The fourth-order valence-corrected chi connectivity index (χ4v) is 4.93. The van der Waals surface area contributed by atoms with Crippen LogP contribution in [0.5, 0.6) is 5.75 Å². The molecule has 0 unspecified atom stereocenters. The van der Waals surface area contributed by atoms with Crippen molar-refractivity contribution in [3.63, 3.8) is 0 Å². The number of fused-ring (bicyclic) bond motifs is 1. The summed E-state index contributed by atoms with van der Waals surface area (Å²) < 4.78 is 87.5. The molecule has 0 aliphatic carbocycles. The zero-order chi connectivity index (χ0) is 30.3. The second kappa shape index (κ2) is 11.0. The molecule has 1 saturated heterocycles. The number of carbonyl (C=O) groups excluding carboxylic acids is 1. The Hall–Kier alpha value is -3.68. The lowest BCUT2D eigenvalue weighted by Crippen LogP contribution is -2.46. The Kier molecular flexibility index (Phi) is 8.09. The van der Waals surface area contributed by atoms with Crippen LogP contribution in [0.2, 0.25) is 0 Å². The van der Waals surface area contributed by atoms with Crippen LogP contribution in [-0.2, 0) is 9.47 Å². The molecule has 1 amide bonds. The number of anilines is 1. The van der Waals surface area contributed by atoms with Crippen molar-refractivity contribution < 1.29 is 41.0 Å². The average molecular weight is 586 g/mol. The first-order valence-electron chi connectivity index (χ1n) is 12.9. The number of imidazole rings is 1. The molecule has 3 aromatic rings. The molecule has 1 aromatic carbocycles. The maximum atomic E-state index is 14.7. The second-order valence-corrected chi connectivity index (χ2v) is 11.0. The van der Waals surface area contributed by atoms with Crippen molar-refractivity contribution in [3.05, 3.63) is 47.4 Å². The highest BCUT2D eigenvalue weighted by Crippen LogP contribution is 2.59. The molecule has 1 aliphatic rings. The third-order valence-electron chi connectivity index (χ3n) is 7.09. The normalized spacial score (nSPS) is 23.0. The first-order chi connectivity index (χ1) is 19.1. The zero-order valence-electron chi connectivity index (χ0n) is 23.4. The van der Waals surface area contributed by atoms with Gasteiger partial charge in [0.25, 0.3) is 0 Å². The molecule has 0 bridgehead atoms. The summed E-state index contributed by atoms with van der Waals surface area (Å²) in [4.78, 5) is 23.7. The van der Waals surface area contributed by atoms with Gasteiger partial charge in [0.2, 0.25) is 5.82 Å². The summed E-state index contributed by atoms with van der Waals surface area (Å²) in [5.41, 5.74) is -2.51. The van der Waals surface area contributed by atoms with Gasteiger partial charge < -0.3 is 29.8 Å². The fraction of sp³-hybridized carbons (Fsp3) is 0.519. The van der Waals surface area contributed by atoms with Gasteiger partial charge >= 0.3 is 12.3 Å². The van der Waals surface area contributed by atoms with Crippen molar-refractivity contribution in [3.8, 4) is 5.75 Å². The van der Waals surface area contributed by atoms with Gasteiger partial charge in [-0.1, -0.05) is 13.0 Å². The van der Waals surface area contributed by atoms with Crippen LogP contribution in [0.25, 0.3) is 11.0 Å². The summed E-state index contributed by atoms with van der Waals surface area (Å²) in [6, 6.07) is 3.63. The van der Waals surface area contributed by atoms with Crippen LogP contribution in [0.4, 0.5) is 32.6 Å². The van der Waals surface area contributed by atoms with E-state index in [1.54, 1.807) is 26.8 Å². The largest absolute Gasteiger partial charge is 0.493 e. The van der Waals surface area contributed by atoms with Crippen LogP contribution >= 0.6 is 0 Å². The number of alkyl carbamates (subject to hydrolysis) is 1. The number of H-pyrrole nitrogens is 1. The van der Waals surface area contributed by atoms with Gasteiger partial charge in [0.1, 0.15) is 23.0 Å². The molecular formula is C27H32F5N5O4. The number of nitrogens with zero attached hydrogens (tertiary/aromatic N) is 2. The molecule has 41 heavy (non-hydrogen) atoms. The lowest BCUT2D eigenvalue weighted by Gasteiger charge is -2.32. The smallest absolute Gasteiger partial charge is 0.417 e. The van der Waals surface area contributed by atoms with E-state index in [2.05, 4.69) is 25.6 Å². The molecule has 0 saturated carbocycles. The van der Waals surface area contributed by atoms with E-state index in [4.69, 9.17) is 14.2 Å². The van der Waals surface area contributed by atoms with E-state index in [9.17, 15) is 26.7 Å². The SMILES string of the molecule is COc1c([C@H]2[C@H](c3nc4c(NCCNC(=O)OC(C)(C)C)nccc4[nH]3)O[C@@](C)(C(F)(F)F)[C@H]2C)ccc(F)c1F. The Balaban J connectivity index is 1.67. The van der Waals surface area contributed by atoms with E-state index in [1.807, 2.05) is 0 Å². The molecule has 0 spiro atoms. The summed E-state index contributed by atoms with van der Waals surface area (Å²) in [5, 5.41) is 5.64. The van der Waals surface area contributed by atoms with Crippen LogP contribution in [0.15, 0.2) is 24.4 Å². The summed E-state index contributed by atoms with van der Waals surface area (Å²) in [6.45, 7) is 7.91. The Morgan fingerprint density at radius 3 is 2.51 bits per heavy atom. The first-order valence-corrected chi connectivity index (χ1v) is 12.9. The van der Waals surface area contributed by atoms with Crippen LogP contribution < -0.4 is 15.4 Å². The molecule has 1 aliphatic heterocycles. The maximum absolute atomic E-state index is 14.7. The van der Waals surface area contributed by atoms with Gasteiger partial charge in [-0.25, -0.2) is 19.2 Å². The number of pyridine rings is 1. The van der Waals surface area contributed by atoms with E-state index < -0.39 is 58.8 Å². The van der Waals surface area contributed by atoms with Gasteiger partial charge in [-0.2, -0.15) is 17.6 Å².